The number of rotatable bonds is 6. The third-order valence-corrected chi connectivity index (χ3v) is 5.51. The van der Waals surface area contributed by atoms with Crippen LogP contribution in [0.2, 0.25) is 0 Å². The largest absolute Gasteiger partial charge is 0.459 e. The molecule has 0 aliphatic carbocycles. The number of aliphatic imine (C=N–C) groups is 1. The number of furan rings is 1. The van der Waals surface area contributed by atoms with Crippen molar-refractivity contribution in [2.45, 2.75) is 33.0 Å². The van der Waals surface area contributed by atoms with E-state index >= 15 is 0 Å². The molecule has 2 aromatic rings. The molecule has 8 heteroatoms. The lowest BCUT2D eigenvalue weighted by molar-refractivity contribution is -0.146. The predicted molar refractivity (Wildman–Crippen MR) is 109 cm³/mol. The van der Waals surface area contributed by atoms with E-state index in [1.165, 1.54) is 4.90 Å². The molecule has 1 unspecified atom stereocenters. The molecule has 1 N–H and O–H groups in total. The fourth-order valence-electron chi connectivity index (χ4n) is 3.98. The molecule has 0 bridgehead atoms. The molecule has 3 rings (SSSR count). The lowest BCUT2D eigenvalue weighted by atomic mass is 10.1. The SMILES string of the molecule is CCN(CC1CCN(C(=NC)NCc2oc3ccccc3c2C)C1)CC(F)(F)F. The Balaban J connectivity index is 1.56. The van der Waals surface area contributed by atoms with Gasteiger partial charge < -0.3 is 14.6 Å². The second-order valence-electron chi connectivity index (χ2n) is 7.59. The first-order valence-corrected chi connectivity index (χ1v) is 10.0. The number of benzene rings is 1. The molecule has 0 saturated carbocycles. The number of alkyl halides is 3. The summed E-state index contributed by atoms with van der Waals surface area (Å²) in [4.78, 5) is 7.95. The lowest BCUT2D eigenvalue weighted by Gasteiger charge is -2.26. The van der Waals surface area contributed by atoms with Gasteiger partial charge in [-0.25, -0.2) is 0 Å². The summed E-state index contributed by atoms with van der Waals surface area (Å²) in [6.45, 7) is 5.81. The van der Waals surface area contributed by atoms with Crippen molar-refractivity contribution in [3.05, 3.63) is 35.6 Å². The van der Waals surface area contributed by atoms with Crippen LogP contribution in [-0.2, 0) is 6.54 Å². The minimum atomic E-state index is -4.16. The highest BCUT2D eigenvalue weighted by molar-refractivity contribution is 5.83. The number of likely N-dealkylation sites (tertiary alicyclic amines) is 1. The number of hydrogen-bond donors (Lipinski definition) is 1. The van der Waals surface area contributed by atoms with Crippen LogP contribution >= 0.6 is 0 Å². The molecule has 1 aromatic heterocycles. The smallest absolute Gasteiger partial charge is 0.401 e. The number of guanidine groups is 1. The molecule has 2 heterocycles. The van der Waals surface area contributed by atoms with Crippen LogP contribution in [0.25, 0.3) is 11.0 Å². The quantitative estimate of drug-likeness (QED) is 0.577. The fraction of sp³-hybridized carbons (Fsp3) is 0.571. The summed E-state index contributed by atoms with van der Waals surface area (Å²) >= 11 is 0. The molecule has 0 radical (unpaired) electrons. The molecule has 1 fully saturated rings. The fourth-order valence-corrected chi connectivity index (χ4v) is 3.98. The van der Waals surface area contributed by atoms with Crippen molar-refractivity contribution >= 4 is 16.9 Å². The maximum absolute atomic E-state index is 12.7. The van der Waals surface area contributed by atoms with Crippen LogP contribution in [0.4, 0.5) is 13.2 Å². The predicted octanol–water partition coefficient (Wildman–Crippen LogP) is 4.02. The topological polar surface area (TPSA) is 44.0 Å². The molecule has 0 amide bonds. The van der Waals surface area contributed by atoms with E-state index in [1.807, 2.05) is 31.2 Å². The standard InChI is InChI=1S/C21H29F3N4O/c1-4-27(14-21(22,23)24)12-16-9-10-28(13-16)20(25-3)26-11-19-15(2)17-7-5-6-8-18(17)29-19/h5-8,16H,4,9-14H2,1-3H3,(H,25,26). The highest BCUT2D eigenvalue weighted by atomic mass is 19.4. The van der Waals surface area contributed by atoms with Gasteiger partial charge in [-0.2, -0.15) is 13.2 Å². The lowest BCUT2D eigenvalue weighted by Crippen LogP contribution is -2.41. The van der Waals surface area contributed by atoms with E-state index in [4.69, 9.17) is 4.42 Å². The molecular formula is C21H29F3N4O. The van der Waals surface area contributed by atoms with Crippen LogP contribution in [0.1, 0.15) is 24.7 Å². The van der Waals surface area contributed by atoms with E-state index in [0.29, 0.717) is 26.2 Å². The zero-order valence-corrected chi connectivity index (χ0v) is 17.2. The average Bonchev–Trinajstić information content (AvgIpc) is 3.26. The molecular weight excluding hydrogens is 381 g/mol. The summed E-state index contributed by atoms with van der Waals surface area (Å²) in [5.74, 6) is 1.82. The zero-order valence-electron chi connectivity index (χ0n) is 17.2. The van der Waals surface area contributed by atoms with E-state index in [0.717, 1.165) is 41.2 Å². The zero-order chi connectivity index (χ0) is 21.0. The number of aryl methyl sites for hydroxylation is 1. The molecule has 0 spiro atoms. The minimum absolute atomic E-state index is 0.198. The van der Waals surface area contributed by atoms with Gasteiger partial charge in [-0.1, -0.05) is 25.1 Å². The van der Waals surface area contributed by atoms with Crippen LogP contribution in [0.5, 0.6) is 0 Å². The maximum atomic E-state index is 12.7. The first kappa shape index (κ1) is 21.5. The highest BCUT2D eigenvalue weighted by Crippen LogP contribution is 2.25. The third kappa shape index (κ3) is 5.44. The molecule has 160 valence electrons. The first-order valence-electron chi connectivity index (χ1n) is 10.0. The monoisotopic (exact) mass is 410 g/mol. The summed E-state index contributed by atoms with van der Waals surface area (Å²) in [6.07, 6.45) is -3.30. The van der Waals surface area contributed by atoms with Gasteiger partial charge in [0.25, 0.3) is 0 Å². The second-order valence-corrected chi connectivity index (χ2v) is 7.59. The van der Waals surface area contributed by atoms with Crippen molar-refractivity contribution in [3.63, 3.8) is 0 Å². The first-order chi connectivity index (χ1) is 13.8. The van der Waals surface area contributed by atoms with Crippen LogP contribution in [0, 0.1) is 12.8 Å². The normalized spacial score (nSPS) is 18.2. The van der Waals surface area contributed by atoms with Gasteiger partial charge in [-0.05, 0) is 31.9 Å². The van der Waals surface area contributed by atoms with Gasteiger partial charge in [-0.3, -0.25) is 9.89 Å². The minimum Gasteiger partial charge on any atom is -0.459 e. The molecule has 5 nitrogen and oxygen atoms in total. The molecule has 1 aromatic carbocycles. The molecule has 1 aliphatic heterocycles. The van der Waals surface area contributed by atoms with Crippen LogP contribution in [-0.4, -0.2) is 61.7 Å². The number of fused-ring (bicyclic) bond motifs is 1. The van der Waals surface area contributed by atoms with Crippen molar-refractivity contribution in [2.75, 3.05) is 39.8 Å². The molecule has 1 saturated heterocycles. The Morgan fingerprint density at radius 2 is 2.10 bits per heavy atom. The average molecular weight is 410 g/mol. The Bertz CT molecular complexity index is 846. The van der Waals surface area contributed by atoms with Crippen LogP contribution in [0.15, 0.2) is 33.7 Å². The van der Waals surface area contributed by atoms with Crippen molar-refractivity contribution in [2.24, 2.45) is 10.9 Å². The van der Waals surface area contributed by atoms with Gasteiger partial charge in [0.15, 0.2) is 5.96 Å². The number of halogens is 3. The van der Waals surface area contributed by atoms with Gasteiger partial charge >= 0.3 is 6.18 Å². The van der Waals surface area contributed by atoms with Gasteiger partial charge in [0.2, 0.25) is 0 Å². The number of hydrogen-bond acceptors (Lipinski definition) is 3. The van der Waals surface area contributed by atoms with E-state index in [1.54, 1.807) is 14.0 Å². The van der Waals surface area contributed by atoms with E-state index in [-0.39, 0.29) is 5.92 Å². The summed E-state index contributed by atoms with van der Waals surface area (Å²) in [5.41, 5.74) is 1.97. The Morgan fingerprint density at radius 3 is 2.76 bits per heavy atom. The van der Waals surface area contributed by atoms with Crippen molar-refractivity contribution in [1.29, 1.82) is 0 Å². The van der Waals surface area contributed by atoms with Crippen molar-refractivity contribution in [1.82, 2.24) is 15.1 Å². The Hall–Kier alpha value is -2.22. The van der Waals surface area contributed by atoms with Gasteiger partial charge in [0.05, 0.1) is 13.1 Å². The van der Waals surface area contributed by atoms with E-state index < -0.39 is 12.7 Å². The second kappa shape index (κ2) is 9.07. The van der Waals surface area contributed by atoms with Crippen molar-refractivity contribution in [3.8, 4) is 0 Å². The summed E-state index contributed by atoms with van der Waals surface area (Å²) in [7, 11) is 1.73. The van der Waals surface area contributed by atoms with Gasteiger partial charge in [0.1, 0.15) is 11.3 Å². The number of nitrogens with one attached hydrogen (secondary N) is 1. The highest BCUT2D eigenvalue weighted by Gasteiger charge is 2.33. The maximum Gasteiger partial charge on any atom is 0.401 e. The molecule has 29 heavy (non-hydrogen) atoms. The summed E-state index contributed by atoms with van der Waals surface area (Å²) < 4.78 is 44.1. The van der Waals surface area contributed by atoms with E-state index in [2.05, 4.69) is 15.2 Å². The Kier molecular flexibility index (Phi) is 6.72. The molecule has 1 atom stereocenters. The summed E-state index contributed by atoms with van der Waals surface area (Å²) in [5, 5.41) is 4.45. The number of nitrogens with zero attached hydrogens (tertiary/aromatic N) is 3. The Morgan fingerprint density at radius 1 is 1.34 bits per heavy atom. The molecule has 1 aliphatic rings. The van der Waals surface area contributed by atoms with Crippen molar-refractivity contribution < 1.29 is 17.6 Å². The summed E-state index contributed by atoms with van der Waals surface area (Å²) in [6, 6.07) is 7.93. The third-order valence-electron chi connectivity index (χ3n) is 5.51. The van der Waals surface area contributed by atoms with Crippen LogP contribution < -0.4 is 5.32 Å². The Labute approximate surface area is 169 Å². The van der Waals surface area contributed by atoms with E-state index in [9.17, 15) is 13.2 Å². The van der Waals surface area contributed by atoms with Crippen LogP contribution in [0.3, 0.4) is 0 Å². The van der Waals surface area contributed by atoms with Gasteiger partial charge in [-0.15, -0.1) is 0 Å². The van der Waals surface area contributed by atoms with Gasteiger partial charge in [0, 0.05) is 37.6 Å². The number of para-hydroxylation sites is 1.